The second-order valence-corrected chi connectivity index (χ2v) is 8.79. The van der Waals surface area contributed by atoms with Crippen molar-refractivity contribution < 1.29 is 19.9 Å². The predicted molar refractivity (Wildman–Crippen MR) is 110 cm³/mol. The maximum absolute atomic E-state index is 11.9. The second-order valence-electron chi connectivity index (χ2n) is 8.36. The summed E-state index contributed by atoms with van der Waals surface area (Å²) in [7, 11) is -1.34. The molecule has 8 heteroatoms. The predicted octanol–water partition coefficient (Wildman–Crippen LogP) is 1.94. The zero-order chi connectivity index (χ0) is 20.3. The van der Waals surface area contributed by atoms with Gasteiger partial charge in [-0.15, -0.1) is 0 Å². The Kier molecular flexibility index (Phi) is 7.05. The molecule has 3 rings (SSSR count). The molecule has 2 atom stereocenters. The fraction of sp³-hybridized carbons (Fsp3) is 0.650. The summed E-state index contributed by atoms with van der Waals surface area (Å²) >= 11 is 6.11. The molecule has 154 valence electrons. The van der Waals surface area contributed by atoms with Crippen LogP contribution in [-0.4, -0.2) is 57.8 Å². The fourth-order valence-corrected chi connectivity index (χ4v) is 5.03. The van der Waals surface area contributed by atoms with Crippen LogP contribution in [0.25, 0.3) is 0 Å². The van der Waals surface area contributed by atoms with Gasteiger partial charge in [-0.1, -0.05) is 30.5 Å². The van der Waals surface area contributed by atoms with Crippen LogP contribution in [0.15, 0.2) is 18.2 Å². The number of halogens is 1. The van der Waals surface area contributed by atoms with Gasteiger partial charge in [0.05, 0.1) is 0 Å². The van der Waals surface area contributed by atoms with Crippen LogP contribution in [0.2, 0.25) is 11.3 Å². The van der Waals surface area contributed by atoms with Crippen molar-refractivity contribution in [1.29, 1.82) is 0 Å². The van der Waals surface area contributed by atoms with E-state index < -0.39 is 18.6 Å². The lowest BCUT2D eigenvalue weighted by molar-refractivity contribution is -0.147. The van der Waals surface area contributed by atoms with Gasteiger partial charge in [-0.25, -0.2) is 0 Å². The molecule has 0 spiro atoms. The number of nitrogens with zero attached hydrogens (tertiary/aromatic N) is 1. The van der Waals surface area contributed by atoms with E-state index in [4.69, 9.17) is 27.4 Å². The van der Waals surface area contributed by atoms with Crippen molar-refractivity contribution in [2.24, 2.45) is 11.7 Å². The molecule has 0 radical (unpaired) electrons. The molecule has 0 saturated carbocycles. The van der Waals surface area contributed by atoms with Crippen molar-refractivity contribution in [2.75, 3.05) is 13.1 Å². The van der Waals surface area contributed by atoms with Crippen molar-refractivity contribution in [2.45, 2.75) is 62.8 Å². The first-order valence-corrected chi connectivity index (χ1v) is 10.6. The number of carbonyl (C=O) groups is 1. The Hall–Kier alpha value is -1.12. The van der Waals surface area contributed by atoms with E-state index in [2.05, 4.69) is 17.0 Å². The number of carboxylic acid groups (broad SMARTS) is 1. The smallest absolute Gasteiger partial charge is 0.451 e. The SMILES string of the molecule is NC(CCCCB(O)O)(C(=O)O)C1CCN(C2Cc3ccc(Cl)cc3C2)CC1. The van der Waals surface area contributed by atoms with Gasteiger partial charge in [0.1, 0.15) is 5.54 Å². The molecular formula is C20H30BClN2O4. The summed E-state index contributed by atoms with van der Waals surface area (Å²) in [5, 5.41) is 28.4. The lowest BCUT2D eigenvalue weighted by atomic mass is 9.74. The van der Waals surface area contributed by atoms with Crippen LogP contribution in [0, 0.1) is 5.92 Å². The summed E-state index contributed by atoms with van der Waals surface area (Å²) < 4.78 is 0. The van der Waals surface area contributed by atoms with Gasteiger partial charge in [0.2, 0.25) is 0 Å². The minimum atomic E-state index is -1.34. The monoisotopic (exact) mass is 408 g/mol. The van der Waals surface area contributed by atoms with Crippen molar-refractivity contribution in [3.05, 3.63) is 34.3 Å². The van der Waals surface area contributed by atoms with Gasteiger partial charge in [-0.05, 0) is 80.7 Å². The number of hydrogen-bond donors (Lipinski definition) is 4. The Morgan fingerprint density at radius 2 is 1.89 bits per heavy atom. The number of carboxylic acids is 1. The van der Waals surface area contributed by atoms with E-state index in [9.17, 15) is 9.90 Å². The molecule has 6 nitrogen and oxygen atoms in total. The third-order valence-corrected chi connectivity index (χ3v) is 6.79. The highest BCUT2D eigenvalue weighted by Crippen LogP contribution is 2.35. The zero-order valence-corrected chi connectivity index (χ0v) is 16.9. The van der Waals surface area contributed by atoms with Gasteiger partial charge in [0, 0.05) is 11.1 Å². The number of benzene rings is 1. The lowest BCUT2D eigenvalue weighted by Crippen LogP contribution is -2.57. The van der Waals surface area contributed by atoms with Gasteiger partial charge in [-0.2, -0.15) is 0 Å². The number of nitrogens with two attached hydrogens (primary N) is 1. The van der Waals surface area contributed by atoms with Crippen molar-refractivity contribution in [3.63, 3.8) is 0 Å². The van der Waals surface area contributed by atoms with Gasteiger partial charge in [0.15, 0.2) is 0 Å². The maximum Gasteiger partial charge on any atom is 0.451 e. The lowest BCUT2D eigenvalue weighted by Gasteiger charge is -2.42. The first-order chi connectivity index (χ1) is 13.3. The molecule has 1 aliphatic heterocycles. The van der Waals surface area contributed by atoms with E-state index in [1.165, 1.54) is 11.1 Å². The molecule has 0 aromatic heterocycles. The Bertz CT molecular complexity index is 697. The molecule has 0 amide bonds. The Morgan fingerprint density at radius 3 is 2.54 bits per heavy atom. The summed E-state index contributed by atoms with van der Waals surface area (Å²) in [6.07, 6.45) is 5.33. The zero-order valence-electron chi connectivity index (χ0n) is 16.2. The van der Waals surface area contributed by atoms with E-state index in [1.54, 1.807) is 0 Å². The summed E-state index contributed by atoms with van der Waals surface area (Å²) in [6, 6.07) is 6.57. The molecule has 1 saturated heterocycles. The normalized spacial score (nSPS) is 22.6. The molecule has 2 unspecified atom stereocenters. The van der Waals surface area contributed by atoms with E-state index in [-0.39, 0.29) is 12.2 Å². The Balaban J connectivity index is 1.54. The standard InChI is InChI=1S/C20H30BClN2O4/c22-17-4-3-14-12-18(13-15(14)11-17)24-9-5-16(6-10-24)20(23,19(25)26)7-1-2-8-21(27)28/h3-4,11,16,18,27-28H,1-2,5-10,12-13,23H2,(H,25,26). The van der Waals surface area contributed by atoms with Crippen molar-refractivity contribution in [1.82, 2.24) is 4.90 Å². The molecule has 5 N–H and O–H groups in total. The molecule has 1 heterocycles. The second kappa shape index (κ2) is 9.14. The van der Waals surface area contributed by atoms with Crippen molar-refractivity contribution >= 4 is 24.7 Å². The molecule has 1 aromatic rings. The molecular weight excluding hydrogens is 378 g/mol. The van der Waals surface area contributed by atoms with Gasteiger partial charge in [0.25, 0.3) is 0 Å². The number of likely N-dealkylation sites (tertiary alicyclic amines) is 1. The molecule has 2 aliphatic rings. The summed E-state index contributed by atoms with van der Waals surface area (Å²) in [6.45, 7) is 1.72. The topological polar surface area (TPSA) is 107 Å². The van der Waals surface area contributed by atoms with Crippen LogP contribution in [0.3, 0.4) is 0 Å². The summed E-state index contributed by atoms with van der Waals surface area (Å²) in [5.41, 5.74) is 7.81. The summed E-state index contributed by atoms with van der Waals surface area (Å²) in [4.78, 5) is 14.4. The van der Waals surface area contributed by atoms with E-state index in [0.29, 0.717) is 25.3 Å². The number of unbranched alkanes of at least 4 members (excludes halogenated alkanes) is 1. The Labute approximate surface area is 171 Å². The number of rotatable bonds is 8. The van der Waals surface area contributed by atoms with Gasteiger partial charge >= 0.3 is 13.1 Å². The molecule has 1 aliphatic carbocycles. The molecule has 1 fully saturated rings. The van der Waals surface area contributed by atoms with Crippen LogP contribution in [0.5, 0.6) is 0 Å². The number of fused-ring (bicyclic) bond motifs is 1. The average molecular weight is 409 g/mol. The van der Waals surface area contributed by atoms with Crippen molar-refractivity contribution in [3.8, 4) is 0 Å². The highest BCUT2D eigenvalue weighted by molar-refractivity contribution is 6.40. The maximum atomic E-state index is 11.9. The minimum absolute atomic E-state index is 0.0569. The van der Waals surface area contributed by atoms with Crippen LogP contribution in [-0.2, 0) is 17.6 Å². The highest BCUT2D eigenvalue weighted by atomic mass is 35.5. The van der Waals surface area contributed by atoms with E-state index in [0.717, 1.165) is 43.8 Å². The quantitative estimate of drug-likeness (QED) is 0.387. The average Bonchev–Trinajstić information content (AvgIpc) is 3.08. The Morgan fingerprint density at radius 1 is 1.21 bits per heavy atom. The highest BCUT2D eigenvalue weighted by Gasteiger charge is 2.43. The van der Waals surface area contributed by atoms with Crippen LogP contribution in [0.1, 0.15) is 43.2 Å². The fourth-order valence-electron chi connectivity index (χ4n) is 4.83. The number of piperidine rings is 1. The molecule has 28 heavy (non-hydrogen) atoms. The summed E-state index contributed by atoms with van der Waals surface area (Å²) in [5.74, 6) is -1.00. The number of aliphatic carboxylic acids is 1. The van der Waals surface area contributed by atoms with Gasteiger partial charge < -0.3 is 20.9 Å². The first-order valence-electron chi connectivity index (χ1n) is 10.2. The number of hydrogen-bond acceptors (Lipinski definition) is 5. The van der Waals surface area contributed by atoms with Crippen LogP contribution < -0.4 is 5.73 Å². The third kappa shape index (κ3) is 4.89. The van der Waals surface area contributed by atoms with Gasteiger partial charge in [-0.3, -0.25) is 9.69 Å². The largest absolute Gasteiger partial charge is 0.480 e. The van der Waals surface area contributed by atoms with E-state index >= 15 is 0 Å². The van der Waals surface area contributed by atoms with Crippen LogP contribution in [0.4, 0.5) is 0 Å². The molecule has 0 bridgehead atoms. The first kappa shape index (κ1) is 21.6. The molecule has 1 aromatic carbocycles. The van der Waals surface area contributed by atoms with E-state index in [1.807, 2.05) is 6.07 Å². The van der Waals surface area contributed by atoms with Crippen LogP contribution >= 0.6 is 11.6 Å². The minimum Gasteiger partial charge on any atom is -0.480 e. The third-order valence-electron chi connectivity index (χ3n) is 6.55.